The Kier molecular flexibility index (Phi) is 4.20. The summed E-state index contributed by atoms with van der Waals surface area (Å²) in [5.41, 5.74) is 0.618. The van der Waals surface area contributed by atoms with Gasteiger partial charge in [0.25, 0.3) is 5.91 Å². The topological polar surface area (TPSA) is 42.2 Å². The van der Waals surface area contributed by atoms with Gasteiger partial charge in [0.05, 0.1) is 11.8 Å². The summed E-state index contributed by atoms with van der Waals surface area (Å²) < 4.78 is 5.04. The van der Waals surface area contributed by atoms with E-state index in [-0.39, 0.29) is 5.91 Å². The molecule has 1 amide bonds. The van der Waals surface area contributed by atoms with Crippen molar-refractivity contribution in [2.45, 2.75) is 25.1 Å². The number of halogens is 1. The monoisotopic (exact) mass is 259 g/mol. The minimum Gasteiger partial charge on any atom is -0.469 e. The molecule has 4 heteroatoms. The van der Waals surface area contributed by atoms with E-state index in [9.17, 15) is 4.79 Å². The van der Waals surface area contributed by atoms with Gasteiger partial charge in [-0.3, -0.25) is 4.79 Å². The first-order chi connectivity index (χ1) is 6.61. The molecule has 0 aliphatic heterocycles. The molecule has 1 heterocycles. The quantitative estimate of drug-likeness (QED) is 0.845. The van der Waals surface area contributed by atoms with Crippen molar-refractivity contribution in [2.75, 3.05) is 6.54 Å². The number of rotatable bonds is 4. The summed E-state index contributed by atoms with van der Waals surface area (Å²) in [6.07, 6.45) is 2.44. The van der Waals surface area contributed by atoms with E-state index in [1.165, 1.54) is 6.26 Å². The highest BCUT2D eigenvalue weighted by atomic mass is 79.9. The summed E-state index contributed by atoms with van der Waals surface area (Å²) >= 11 is 3.42. The van der Waals surface area contributed by atoms with Crippen molar-refractivity contribution < 1.29 is 9.21 Å². The van der Waals surface area contributed by atoms with Crippen LogP contribution in [0, 0.1) is 6.92 Å². The molecule has 1 rings (SSSR count). The molecule has 3 nitrogen and oxygen atoms in total. The fourth-order valence-electron chi connectivity index (χ4n) is 1.10. The number of hydrogen-bond acceptors (Lipinski definition) is 2. The van der Waals surface area contributed by atoms with Gasteiger partial charge in [-0.1, -0.05) is 22.9 Å². The number of furan rings is 1. The molecule has 0 fully saturated rings. The minimum absolute atomic E-state index is 0.0654. The van der Waals surface area contributed by atoms with Crippen LogP contribution < -0.4 is 5.32 Å². The minimum atomic E-state index is -0.0654. The Morgan fingerprint density at radius 1 is 1.71 bits per heavy atom. The maximum absolute atomic E-state index is 11.5. The van der Waals surface area contributed by atoms with Crippen LogP contribution in [0.15, 0.2) is 16.7 Å². The lowest BCUT2D eigenvalue weighted by molar-refractivity contribution is 0.0952. The van der Waals surface area contributed by atoms with Crippen LogP contribution >= 0.6 is 15.9 Å². The number of aryl methyl sites for hydroxylation is 1. The van der Waals surface area contributed by atoms with Gasteiger partial charge >= 0.3 is 0 Å². The highest BCUT2D eigenvalue weighted by Gasteiger charge is 2.10. The molecule has 1 atom stereocenters. The van der Waals surface area contributed by atoms with Gasteiger partial charge in [0.15, 0.2) is 0 Å². The van der Waals surface area contributed by atoms with E-state index in [4.69, 9.17) is 4.42 Å². The maximum atomic E-state index is 11.5. The van der Waals surface area contributed by atoms with Gasteiger partial charge in [0, 0.05) is 11.4 Å². The van der Waals surface area contributed by atoms with Crippen LogP contribution in [0.3, 0.4) is 0 Å². The summed E-state index contributed by atoms with van der Waals surface area (Å²) in [5, 5.41) is 2.83. The van der Waals surface area contributed by atoms with Crippen LogP contribution in [0.4, 0.5) is 0 Å². The van der Waals surface area contributed by atoms with Crippen LogP contribution in [-0.4, -0.2) is 17.3 Å². The average Bonchev–Trinajstić information content (AvgIpc) is 2.50. The molecule has 1 aromatic rings. The zero-order valence-corrected chi connectivity index (χ0v) is 9.93. The van der Waals surface area contributed by atoms with Crippen molar-refractivity contribution in [3.8, 4) is 0 Å². The summed E-state index contributed by atoms with van der Waals surface area (Å²) in [5.74, 6) is 0.596. The number of carbonyl (C=O) groups is 1. The lowest BCUT2D eigenvalue weighted by atomic mass is 10.2. The lowest BCUT2D eigenvalue weighted by Gasteiger charge is -2.05. The highest BCUT2D eigenvalue weighted by Crippen LogP contribution is 2.08. The molecule has 0 aliphatic carbocycles. The van der Waals surface area contributed by atoms with E-state index in [0.717, 1.165) is 6.42 Å². The van der Waals surface area contributed by atoms with E-state index in [0.29, 0.717) is 22.7 Å². The third-order valence-electron chi connectivity index (χ3n) is 1.93. The van der Waals surface area contributed by atoms with Crippen molar-refractivity contribution >= 4 is 21.8 Å². The molecule has 0 saturated carbocycles. The summed E-state index contributed by atoms with van der Waals surface area (Å²) in [6, 6.07) is 1.68. The van der Waals surface area contributed by atoms with Crippen molar-refractivity contribution in [3.63, 3.8) is 0 Å². The zero-order chi connectivity index (χ0) is 10.6. The molecule has 0 aliphatic rings. The van der Waals surface area contributed by atoms with Gasteiger partial charge in [0.1, 0.15) is 5.76 Å². The molecular formula is C10H14BrNO2. The van der Waals surface area contributed by atoms with Crippen LogP contribution in [-0.2, 0) is 0 Å². The van der Waals surface area contributed by atoms with Crippen LogP contribution in [0.1, 0.15) is 29.5 Å². The fourth-order valence-corrected chi connectivity index (χ4v) is 1.33. The second-order valence-electron chi connectivity index (χ2n) is 3.22. The Bertz CT molecular complexity index is 307. The molecule has 1 unspecified atom stereocenters. The zero-order valence-electron chi connectivity index (χ0n) is 8.34. The SMILES string of the molecule is Cc1occc1C(=O)NCCC(C)Br. The Morgan fingerprint density at radius 2 is 2.43 bits per heavy atom. The van der Waals surface area contributed by atoms with Crippen molar-refractivity contribution in [1.82, 2.24) is 5.32 Å². The van der Waals surface area contributed by atoms with Gasteiger partial charge < -0.3 is 9.73 Å². The average molecular weight is 260 g/mol. The molecule has 1 aromatic heterocycles. The Hall–Kier alpha value is -0.770. The van der Waals surface area contributed by atoms with Crippen molar-refractivity contribution in [2.24, 2.45) is 0 Å². The number of alkyl halides is 1. The van der Waals surface area contributed by atoms with Crippen molar-refractivity contribution in [1.29, 1.82) is 0 Å². The standard InChI is InChI=1S/C10H14BrNO2/c1-7(11)3-5-12-10(13)9-4-6-14-8(9)2/h4,6-7H,3,5H2,1-2H3,(H,12,13). The van der Waals surface area contributed by atoms with Gasteiger partial charge in [-0.15, -0.1) is 0 Å². The van der Waals surface area contributed by atoms with Gasteiger partial charge in [-0.25, -0.2) is 0 Å². The summed E-state index contributed by atoms with van der Waals surface area (Å²) in [7, 11) is 0. The highest BCUT2D eigenvalue weighted by molar-refractivity contribution is 9.09. The number of amides is 1. The fraction of sp³-hybridized carbons (Fsp3) is 0.500. The first-order valence-electron chi connectivity index (χ1n) is 4.57. The number of nitrogens with one attached hydrogen (secondary N) is 1. The molecule has 14 heavy (non-hydrogen) atoms. The third kappa shape index (κ3) is 3.18. The third-order valence-corrected chi connectivity index (χ3v) is 2.39. The number of hydrogen-bond donors (Lipinski definition) is 1. The Morgan fingerprint density at radius 3 is 2.93 bits per heavy atom. The smallest absolute Gasteiger partial charge is 0.254 e. The first kappa shape index (κ1) is 11.3. The van der Waals surface area contributed by atoms with Gasteiger partial charge in [-0.05, 0) is 19.4 Å². The summed E-state index contributed by atoms with van der Waals surface area (Å²) in [6.45, 7) is 4.51. The predicted molar refractivity (Wildman–Crippen MR) is 58.8 cm³/mol. The van der Waals surface area contributed by atoms with Crippen LogP contribution in [0.2, 0.25) is 0 Å². The molecule has 0 radical (unpaired) electrons. The lowest BCUT2D eigenvalue weighted by Crippen LogP contribution is -2.25. The van der Waals surface area contributed by atoms with E-state index in [2.05, 4.69) is 28.2 Å². The van der Waals surface area contributed by atoms with Crippen molar-refractivity contribution in [3.05, 3.63) is 23.7 Å². The molecule has 0 aromatic carbocycles. The number of carbonyl (C=O) groups excluding carboxylic acids is 1. The molecule has 1 N–H and O–H groups in total. The van der Waals surface area contributed by atoms with Gasteiger partial charge in [0.2, 0.25) is 0 Å². The van der Waals surface area contributed by atoms with E-state index < -0.39 is 0 Å². The Balaban J connectivity index is 2.40. The van der Waals surface area contributed by atoms with Crippen LogP contribution in [0.25, 0.3) is 0 Å². The second-order valence-corrected chi connectivity index (χ2v) is 4.78. The van der Waals surface area contributed by atoms with E-state index in [1.54, 1.807) is 13.0 Å². The summed E-state index contributed by atoms with van der Waals surface area (Å²) in [4.78, 5) is 11.9. The predicted octanol–water partition coefficient (Wildman–Crippen LogP) is 2.49. The second kappa shape index (κ2) is 5.20. The van der Waals surface area contributed by atoms with Crippen LogP contribution in [0.5, 0.6) is 0 Å². The van der Waals surface area contributed by atoms with E-state index >= 15 is 0 Å². The molecule has 0 bridgehead atoms. The molecule has 0 spiro atoms. The van der Waals surface area contributed by atoms with E-state index in [1.807, 2.05) is 0 Å². The largest absolute Gasteiger partial charge is 0.469 e. The molecule has 78 valence electrons. The normalized spacial score (nSPS) is 12.5. The molecular weight excluding hydrogens is 246 g/mol. The van der Waals surface area contributed by atoms with Gasteiger partial charge in [-0.2, -0.15) is 0 Å². The molecule has 0 saturated heterocycles. The Labute approximate surface area is 92.0 Å². The first-order valence-corrected chi connectivity index (χ1v) is 5.49. The maximum Gasteiger partial charge on any atom is 0.254 e.